The minimum Gasteiger partial charge on any atom is -0.386 e. The van der Waals surface area contributed by atoms with Gasteiger partial charge in [-0.3, -0.25) is 4.79 Å². The summed E-state index contributed by atoms with van der Waals surface area (Å²) in [4.78, 5) is 12.0. The van der Waals surface area contributed by atoms with Crippen LogP contribution in [0.3, 0.4) is 0 Å². The first-order valence-electron chi connectivity index (χ1n) is 6.84. The van der Waals surface area contributed by atoms with Crippen LogP contribution in [0.5, 0.6) is 0 Å². The molecule has 1 aromatic rings. The van der Waals surface area contributed by atoms with Crippen molar-refractivity contribution in [3.8, 4) is 6.07 Å². The van der Waals surface area contributed by atoms with Crippen LogP contribution in [0.15, 0.2) is 36.0 Å². The molecule has 1 unspecified atom stereocenters. The maximum atomic E-state index is 12.0. The fraction of sp³-hybridized carbons (Fsp3) is 0.333. The van der Waals surface area contributed by atoms with Crippen molar-refractivity contribution in [2.24, 2.45) is 0 Å². The summed E-state index contributed by atoms with van der Waals surface area (Å²) in [6.45, 7) is 1.90. The minimum absolute atomic E-state index is 0.0295. The number of sulfone groups is 1. The summed E-state index contributed by atoms with van der Waals surface area (Å²) in [5.41, 5.74) is 1.51. The second-order valence-corrected chi connectivity index (χ2v) is 7.49. The number of amides is 1. The van der Waals surface area contributed by atoms with Crippen molar-refractivity contribution in [2.45, 2.75) is 19.4 Å². The van der Waals surface area contributed by atoms with Crippen LogP contribution < -0.4 is 10.6 Å². The number of hydrogen-bond donors (Lipinski definition) is 2. The summed E-state index contributed by atoms with van der Waals surface area (Å²) in [6, 6.07) is 8.81. The molecule has 0 spiro atoms. The standard InChI is InChI=1S/C15H17N3O3S/c1-11-3-2-4-13(7-11)18-15(19)12(8-16)9-17-14-5-6-22(20,21)10-14/h2-4,7,9,14,17H,5-6,10H2,1H3,(H,18,19)/b12-9-. The number of nitrogens with one attached hydrogen (secondary N) is 2. The lowest BCUT2D eigenvalue weighted by molar-refractivity contribution is -0.112. The second-order valence-electron chi connectivity index (χ2n) is 5.26. The Hall–Kier alpha value is -2.33. The van der Waals surface area contributed by atoms with Crippen LogP contribution in [0.25, 0.3) is 0 Å². The SMILES string of the molecule is Cc1cccc(NC(=O)/C(C#N)=C\NC2CCS(=O)(=O)C2)c1. The van der Waals surface area contributed by atoms with Gasteiger partial charge in [-0.1, -0.05) is 12.1 Å². The largest absolute Gasteiger partial charge is 0.386 e. The second kappa shape index (κ2) is 6.62. The Morgan fingerprint density at radius 1 is 1.45 bits per heavy atom. The number of benzene rings is 1. The number of anilines is 1. The Morgan fingerprint density at radius 2 is 2.23 bits per heavy atom. The highest BCUT2D eigenvalue weighted by atomic mass is 32.2. The van der Waals surface area contributed by atoms with E-state index in [2.05, 4.69) is 10.6 Å². The first-order chi connectivity index (χ1) is 10.4. The van der Waals surface area contributed by atoms with Gasteiger partial charge in [0.05, 0.1) is 11.5 Å². The maximum Gasteiger partial charge on any atom is 0.267 e. The van der Waals surface area contributed by atoms with Gasteiger partial charge in [0.1, 0.15) is 11.6 Å². The zero-order chi connectivity index (χ0) is 16.2. The molecule has 2 N–H and O–H groups in total. The molecule has 1 aromatic carbocycles. The number of hydrogen-bond acceptors (Lipinski definition) is 5. The van der Waals surface area contributed by atoms with Gasteiger partial charge < -0.3 is 10.6 Å². The van der Waals surface area contributed by atoms with Crippen molar-refractivity contribution in [1.82, 2.24) is 5.32 Å². The van der Waals surface area contributed by atoms with E-state index in [4.69, 9.17) is 5.26 Å². The third-order valence-electron chi connectivity index (χ3n) is 3.34. The molecule has 1 saturated heterocycles. The van der Waals surface area contributed by atoms with E-state index in [1.165, 1.54) is 6.20 Å². The van der Waals surface area contributed by atoms with Crippen LogP contribution >= 0.6 is 0 Å². The Morgan fingerprint density at radius 3 is 2.82 bits per heavy atom. The van der Waals surface area contributed by atoms with Crippen molar-refractivity contribution >= 4 is 21.4 Å². The molecule has 0 aromatic heterocycles. The zero-order valence-corrected chi connectivity index (χ0v) is 13.0. The van der Waals surface area contributed by atoms with Gasteiger partial charge in [0.15, 0.2) is 9.84 Å². The monoisotopic (exact) mass is 319 g/mol. The van der Waals surface area contributed by atoms with E-state index < -0.39 is 15.7 Å². The molecule has 116 valence electrons. The van der Waals surface area contributed by atoms with Crippen LogP contribution in [-0.2, 0) is 14.6 Å². The number of aryl methyl sites for hydroxylation is 1. The lowest BCUT2D eigenvalue weighted by atomic mass is 10.2. The Kier molecular flexibility index (Phi) is 4.83. The van der Waals surface area contributed by atoms with Gasteiger partial charge in [0.2, 0.25) is 0 Å². The third kappa shape index (κ3) is 4.33. The van der Waals surface area contributed by atoms with Crippen LogP contribution in [0.2, 0.25) is 0 Å². The molecule has 1 fully saturated rings. The molecular weight excluding hydrogens is 302 g/mol. The van der Waals surface area contributed by atoms with Gasteiger partial charge in [0, 0.05) is 17.9 Å². The number of nitriles is 1. The van der Waals surface area contributed by atoms with E-state index in [-0.39, 0.29) is 23.1 Å². The van der Waals surface area contributed by atoms with Gasteiger partial charge in [-0.25, -0.2) is 8.42 Å². The van der Waals surface area contributed by atoms with Gasteiger partial charge in [-0.15, -0.1) is 0 Å². The summed E-state index contributed by atoms with van der Waals surface area (Å²) in [5, 5.41) is 14.5. The van der Waals surface area contributed by atoms with Crippen LogP contribution in [0, 0.1) is 18.3 Å². The summed E-state index contributed by atoms with van der Waals surface area (Å²) < 4.78 is 22.7. The number of carbonyl (C=O) groups is 1. The van der Waals surface area contributed by atoms with Crippen molar-refractivity contribution < 1.29 is 13.2 Å². The number of carbonyl (C=O) groups excluding carboxylic acids is 1. The lowest BCUT2D eigenvalue weighted by Gasteiger charge is -2.09. The van der Waals surface area contributed by atoms with E-state index in [0.29, 0.717) is 12.1 Å². The van der Waals surface area contributed by atoms with E-state index in [9.17, 15) is 13.2 Å². The molecule has 1 aliphatic rings. The van der Waals surface area contributed by atoms with Crippen molar-refractivity contribution in [3.63, 3.8) is 0 Å². The Bertz CT molecular complexity index is 748. The van der Waals surface area contributed by atoms with E-state index in [1.54, 1.807) is 12.1 Å². The molecule has 0 radical (unpaired) electrons. The summed E-state index contributed by atoms with van der Waals surface area (Å²) in [5.74, 6) is -0.362. The third-order valence-corrected chi connectivity index (χ3v) is 5.10. The van der Waals surface area contributed by atoms with Crippen molar-refractivity contribution in [3.05, 3.63) is 41.6 Å². The fourth-order valence-corrected chi connectivity index (χ4v) is 3.88. The first-order valence-corrected chi connectivity index (χ1v) is 8.66. The highest BCUT2D eigenvalue weighted by molar-refractivity contribution is 7.91. The Labute approximate surface area is 129 Å². The molecular formula is C15H17N3O3S. The van der Waals surface area contributed by atoms with Crippen LogP contribution in [0.1, 0.15) is 12.0 Å². The topological polar surface area (TPSA) is 99.1 Å². The summed E-state index contributed by atoms with van der Waals surface area (Å²) >= 11 is 0. The predicted octanol–water partition coefficient (Wildman–Crippen LogP) is 1.12. The molecule has 0 saturated carbocycles. The van der Waals surface area contributed by atoms with Gasteiger partial charge >= 0.3 is 0 Å². The van der Waals surface area contributed by atoms with Crippen molar-refractivity contribution in [2.75, 3.05) is 16.8 Å². The molecule has 1 aliphatic heterocycles. The molecule has 1 heterocycles. The summed E-state index contributed by atoms with van der Waals surface area (Å²) in [7, 11) is -3.00. The molecule has 0 bridgehead atoms. The molecule has 0 aliphatic carbocycles. The van der Waals surface area contributed by atoms with E-state index in [1.807, 2.05) is 25.1 Å². The highest BCUT2D eigenvalue weighted by Crippen LogP contribution is 2.13. The van der Waals surface area contributed by atoms with Crippen LogP contribution in [0.4, 0.5) is 5.69 Å². The fourth-order valence-electron chi connectivity index (χ4n) is 2.20. The quantitative estimate of drug-likeness (QED) is 0.640. The van der Waals surface area contributed by atoms with E-state index >= 15 is 0 Å². The van der Waals surface area contributed by atoms with Crippen LogP contribution in [-0.4, -0.2) is 31.9 Å². The molecule has 6 nitrogen and oxygen atoms in total. The molecule has 22 heavy (non-hydrogen) atoms. The normalized spacial score (nSPS) is 20.2. The highest BCUT2D eigenvalue weighted by Gasteiger charge is 2.27. The smallest absolute Gasteiger partial charge is 0.267 e. The molecule has 1 amide bonds. The molecule has 1 atom stereocenters. The van der Waals surface area contributed by atoms with Gasteiger partial charge in [-0.2, -0.15) is 5.26 Å². The number of nitrogens with zero attached hydrogens (tertiary/aromatic N) is 1. The zero-order valence-electron chi connectivity index (χ0n) is 12.2. The predicted molar refractivity (Wildman–Crippen MR) is 83.7 cm³/mol. The average Bonchev–Trinajstić information content (AvgIpc) is 2.79. The van der Waals surface area contributed by atoms with E-state index in [0.717, 1.165) is 5.56 Å². The number of rotatable bonds is 4. The van der Waals surface area contributed by atoms with Crippen molar-refractivity contribution in [1.29, 1.82) is 5.26 Å². The van der Waals surface area contributed by atoms with Gasteiger partial charge in [-0.05, 0) is 31.0 Å². The molecule has 2 rings (SSSR count). The first kappa shape index (κ1) is 16.0. The summed E-state index contributed by atoms with van der Waals surface area (Å²) in [6.07, 6.45) is 1.77. The van der Waals surface area contributed by atoms with Gasteiger partial charge in [0.25, 0.3) is 5.91 Å². The average molecular weight is 319 g/mol. The molecule has 7 heteroatoms. The Balaban J connectivity index is 2.00. The minimum atomic E-state index is -3.00. The maximum absolute atomic E-state index is 12.0. The lowest BCUT2D eigenvalue weighted by Crippen LogP contribution is -2.27.